The SMILES string of the molecule is CC(C)N=C(C#CC1=CC=CC1)NC(C)C. The molecular weight excluding hydrogens is 196 g/mol. The number of allylic oxidation sites excluding steroid dienone is 4. The van der Waals surface area contributed by atoms with Crippen LogP contribution in [0, 0.1) is 11.8 Å². The molecule has 16 heavy (non-hydrogen) atoms. The van der Waals surface area contributed by atoms with Gasteiger partial charge < -0.3 is 5.32 Å². The summed E-state index contributed by atoms with van der Waals surface area (Å²) < 4.78 is 0. The van der Waals surface area contributed by atoms with Crippen LogP contribution in [-0.4, -0.2) is 17.9 Å². The second-order valence-electron chi connectivity index (χ2n) is 4.44. The molecule has 2 nitrogen and oxygen atoms in total. The maximum absolute atomic E-state index is 4.46. The van der Waals surface area contributed by atoms with Gasteiger partial charge in [-0.05, 0) is 40.0 Å². The molecule has 0 heterocycles. The Kier molecular flexibility index (Phi) is 4.85. The van der Waals surface area contributed by atoms with Gasteiger partial charge in [0.05, 0.1) is 0 Å². The average molecular weight is 216 g/mol. The predicted octanol–water partition coefficient (Wildman–Crippen LogP) is 2.68. The van der Waals surface area contributed by atoms with Gasteiger partial charge in [-0.2, -0.15) is 0 Å². The predicted molar refractivity (Wildman–Crippen MR) is 70.5 cm³/mol. The molecule has 0 bridgehead atoms. The highest BCUT2D eigenvalue weighted by atomic mass is 15.0. The summed E-state index contributed by atoms with van der Waals surface area (Å²) in [5.74, 6) is 7.04. The lowest BCUT2D eigenvalue weighted by Crippen LogP contribution is -2.30. The number of nitrogens with one attached hydrogen (secondary N) is 1. The molecule has 0 saturated heterocycles. The van der Waals surface area contributed by atoms with E-state index in [-0.39, 0.29) is 6.04 Å². The van der Waals surface area contributed by atoms with E-state index in [1.165, 1.54) is 0 Å². The normalized spacial score (nSPS) is 15.1. The van der Waals surface area contributed by atoms with Gasteiger partial charge in [0.1, 0.15) is 0 Å². The molecule has 2 heteroatoms. The third-order valence-corrected chi connectivity index (χ3v) is 1.93. The minimum Gasteiger partial charge on any atom is -0.361 e. The largest absolute Gasteiger partial charge is 0.361 e. The minimum absolute atomic E-state index is 0.270. The molecule has 0 fully saturated rings. The Balaban J connectivity index is 2.70. The third-order valence-electron chi connectivity index (χ3n) is 1.93. The summed E-state index contributed by atoms with van der Waals surface area (Å²) in [6.07, 6.45) is 7.15. The van der Waals surface area contributed by atoms with Crippen molar-refractivity contribution >= 4 is 5.84 Å². The van der Waals surface area contributed by atoms with Crippen molar-refractivity contribution < 1.29 is 0 Å². The van der Waals surface area contributed by atoms with Crippen molar-refractivity contribution in [3.05, 3.63) is 23.8 Å². The highest BCUT2D eigenvalue weighted by Crippen LogP contribution is 2.07. The molecule has 0 aliphatic heterocycles. The molecule has 0 radical (unpaired) electrons. The smallest absolute Gasteiger partial charge is 0.174 e. The lowest BCUT2D eigenvalue weighted by atomic mass is 10.2. The highest BCUT2D eigenvalue weighted by molar-refractivity contribution is 5.99. The second-order valence-corrected chi connectivity index (χ2v) is 4.44. The lowest BCUT2D eigenvalue weighted by Gasteiger charge is -2.09. The number of hydrogen-bond donors (Lipinski definition) is 1. The summed E-state index contributed by atoms with van der Waals surface area (Å²) >= 11 is 0. The standard InChI is InChI=1S/C14H20N2/c1-11(2)15-14(16-12(3)4)10-9-13-7-5-6-8-13/h5-7,11-12H,8H2,1-4H3,(H,15,16). The summed E-state index contributed by atoms with van der Waals surface area (Å²) in [6, 6.07) is 0.633. The van der Waals surface area contributed by atoms with Crippen LogP contribution in [0.3, 0.4) is 0 Å². The molecular formula is C14H20N2. The first-order chi connectivity index (χ1) is 7.58. The molecule has 0 unspecified atom stereocenters. The number of amidine groups is 1. The van der Waals surface area contributed by atoms with E-state index < -0.39 is 0 Å². The van der Waals surface area contributed by atoms with Gasteiger partial charge in [0, 0.05) is 17.7 Å². The van der Waals surface area contributed by atoms with E-state index in [0.29, 0.717) is 6.04 Å². The zero-order chi connectivity index (χ0) is 12.0. The highest BCUT2D eigenvalue weighted by Gasteiger charge is 1.99. The molecule has 1 N–H and O–H groups in total. The van der Waals surface area contributed by atoms with Crippen LogP contribution in [0.1, 0.15) is 34.1 Å². The fourth-order valence-electron chi connectivity index (χ4n) is 1.32. The quantitative estimate of drug-likeness (QED) is 0.428. The van der Waals surface area contributed by atoms with E-state index >= 15 is 0 Å². The number of nitrogens with zero attached hydrogens (tertiary/aromatic N) is 1. The first kappa shape index (κ1) is 12.6. The van der Waals surface area contributed by atoms with Gasteiger partial charge in [-0.3, -0.25) is 4.99 Å². The van der Waals surface area contributed by atoms with Crippen molar-refractivity contribution in [2.75, 3.05) is 0 Å². The van der Waals surface area contributed by atoms with Gasteiger partial charge >= 0.3 is 0 Å². The number of rotatable bonds is 2. The molecule has 0 aromatic rings. The first-order valence-corrected chi connectivity index (χ1v) is 5.80. The van der Waals surface area contributed by atoms with Crippen LogP contribution in [0.5, 0.6) is 0 Å². The Labute approximate surface area is 98.5 Å². The topological polar surface area (TPSA) is 24.4 Å². The lowest BCUT2D eigenvalue weighted by molar-refractivity contribution is 0.723. The molecule has 0 aromatic heterocycles. The van der Waals surface area contributed by atoms with Crippen LogP contribution in [0.15, 0.2) is 28.8 Å². The van der Waals surface area contributed by atoms with Crippen LogP contribution < -0.4 is 5.32 Å². The Hall–Kier alpha value is -1.49. The Bertz CT molecular complexity index is 373. The zero-order valence-corrected chi connectivity index (χ0v) is 10.5. The molecule has 1 rings (SSSR count). The van der Waals surface area contributed by atoms with Crippen LogP contribution in [0.25, 0.3) is 0 Å². The van der Waals surface area contributed by atoms with Crippen LogP contribution in [-0.2, 0) is 0 Å². The molecule has 0 amide bonds. The van der Waals surface area contributed by atoms with Gasteiger partial charge in [0.2, 0.25) is 0 Å². The van der Waals surface area contributed by atoms with Gasteiger partial charge in [-0.1, -0.05) is 24.1 Å². The maximum atomic E-state index is 4.46. The molecule has 1 aliphatic rings. The van der Waals surface area contributed by atoms with Crippen LogP contribution >= 0.6 is 0 Å². The van der Waals surface area contributed by atoms with E-state index in [4.69, 9.17) is 0 Å². The molecule has 86 valence electrons. The number of aliphatic imine (C=N–C) groups is 1. The van der Waals surface area contributed by atoms with Crippen LogP contribution in [0.2, 0.25) is 0 Å². The van der Waals surface area contributed by atoms with Crippen LogP contribution in [0.4, 0.5) is 0 Å². The van der Waals surface area contributed by atoms with E-state index in [9.17, 15) is 0 Å². The zero-order valence-electron chi connectivity index (χ0n) is 10.5. The van der Waals surface area contributed by atoms with E-state index in [2.05, 4.69) is 62.0 Å². The second kappa shape index (κ2) is 6.17. The molecule has 0 atom stereocenters. The van der Waals surface area contributed by atoms with Gasteiger partial charge in [-0.25, -0.2) is 0 Å². The number of hydrogen-bond acceptors (Lipinski definition) is 1. The third kappa shape index (κ3) is 4.84. The fraction of sp³-hybridized carbons (Fsp3) is 0.500. The van der Waals surface area contributed by atoms with Crippen molar-refractivity contribution in [3.8, 4) is 11.8 Å². The summed E-state index contributed by atoms with van der Waals surface area (Å²) in [6.45, 7) is 8.29. The molecule has 0 saturated carbocycles. The minimum atomic E-state index is 0.270. The van der Waals surface area contributed by atoms with Crippen molar-refractivity contribution in [1.82, 2.24) is 5.32 Å². The molecule has 0 aromatic carbocycles. The summed E-state index contributed by atoms with van der Waals surface area (Å²) in [7, 11) is 0. The van der Waals surface area contributed by atoms with E-state index in [0.717, 1.165) is 17.8 Å². The monoisotopic (exact) mass is 216 g/mol. The summed E-state index contributed by atoms with van der Waals surface area (Å²) in [4.78, 5) is 4.46. The average Bonchev–Trinajstić information content (AvgIpc) is 2.64. The molecule has 0 spiro atoms. The fourth-order valence-corrected chi connectivity index (χ4v) is 1.32. The van der Waals surface area contributed by atoms with Gasteiger partial charge in [-0.15, -0.1) is 0 Å². The molecule has 1 aliphatic carbocycles. The Morgan fingerprint density at radius 1 is 1.38 bits per heavy atom. The van der Waals surface area contributed by atoms with E-state index in [1.54, 1.807) is 0 Å². The maximum Gasteiger partial charge on any atom is 0.174 e. The van der Waals surface area contributed by atoms with Gasteiger partial charge in [0.25, 0.3) is 0 Å². The first-order valence-electron chi connectivity index (χ1n) is 5.80. The van der Waals surface area contributed by atoms with Crippen molar-refractivity contribution in [3.63, 3.8) is 0 Å². The van der Waals surface area contributed by atoms with Gasteiger partial charge in [0.15, 0.2) is 5.84 Å². The van der Waals surface area contributed by atoms with Crippen molar-refractivity contribution in [2.24, 2.45) is 4.99 Å². The van der Waals surface area contributed by atoms with E-state index in [1.807, 2.05) is 6.08 Å². The Morgan fingerprint density at radius 3 is 2.62 bits per heavy atom. The Morgan fingerprint density at radius 2 is 2.12 bits per heavy atom. The summed E-state index contributed by atoms with van der Waals surface area (Å²) in [5.41, 5.74) is 1.15. The van der Waals surface area contributed by atoms with Crippen molar-refractivity contribution in [1.29, 1.82) is 0 Å². The van der Waals surface area contributed by atoms with Crippen molar-refractivity contribution in [2.45, 2.75) is 46.2 Å². The summed E-state index contributed by atoms with van der Waals surface area (Å²) in [5, 5.41) is 3.26.